The summed E-state index contributed by atoms with van der Waals surface area (Å²) < 4.78 is 0.695. The molecule has 0 unspecified atom stereocenters. The quantitative estimate of drug-likeness (QED) is 0.821. The van der Waals surface area contributed by atoms with E-state index in [0.29, 0.717) is 10.1 Å². The van der Waals surface area contributed by atoms with E-state index >= 15 is 0 Å². The predicted molar refractivity (Wildman–Crippen MR) is 69.1 cm³/mol. The lowest BCUT2D eigenvalue weighted by molar-refractivity contribution is -0.113. The summed E-state index contributed by atoms with van der Waals surface area (Å²) in [6, 6.07) is 6.87. The molecule has 1 amide bonds. The van der Waals surface area contributed by atoms with Crippen LogP contribution in [-0.2, 0) is 4.79 Å². The highest BCUT2D eigenvalue weighted by Gasteiger charge is 2.12. The Bertz CT molecular complexity index is 638. The minimum Gasteiger partial charge on any atom is -0.502 e. The molecule has 2 aromatic rings. The molecule has 4 nitrogen and oxygen atoms in total. The molecule has 0 bridgehead atoms. The molecule has 2 N–H and O–H groups in total. The Morgan fingerprint density at radius 2 is 2.12 bits per heavy atom. The molecule has 6 heteroatoms. The SMILES string of the molecule is O=C(CCl)Nc1sc2ccccc2c(=O)c1O. The van der Waals surface area contributed by atoms with Crippen molar-refractivity contribution < 1.29 is 9.90 Å². The predicted octanol–water partition coefficient (Wildman–Crippen LogP) is 2.14. The Kier molecular flexibility index (Phi) is 3.31. The number of rotatable bonds is 2. The lowest BCUT2D eigenvalue weighted by Crippen LogP contribution is -2.14. The Morgan fingerprint density at radius 3 is 2.82 bits per heavy atom. The first-order chi connectivity index (χ1) is 8.13. The highest BCUT2D eigenvalue weighted by Crippen LogP contribution is 2.30. The maximum Gasteiger partial charge on any atom is 0.240 e. The highest BCUT2D eigenvalue weighted by atomic mass is 35.5. The maximum atomic E-state index is 11.8. The van der Waals surface area contributed by atoms with Crippen molar-refractivity contribution in [3.8, 4) is 5.75 Å². The van der Waals surface area contributed by atoms with Crippen LogP contribution in [0.15, 0.2) is 29.1 Å². The number of anilines is 1. The second kappa shape index (κ2) is 4.73. The fourth-order valence-electron chi connectivity index (χ4n) is 1.38. The molecule has 1 aromatic carbocycles. The van der Waals surface area contributed by atoms with Crippen molar-refractivity contribution in [2.45, 2.75) is 0 Å². The number of carbonyl (C=O) groups excluding carboxylic acids is 1. The zero-order valence-corrected chi connectivity index (χ0v) is 10.1. The van der Waals surface area contributed by atoms with E-state index in [0.717, 1.165) is 11.3 Å². The van der Waals surface area contributed by atoms with Gasteiger partial charge in [0.1, 0.15) is 10.9 Å². The molecule has 0 saturated carbocycles. The van der Waals surface area contributed by atoms with Gasteiger partial charge in [0.15, 0.2) is 5.75 Å². The van der Waals surface area contributed by atoms with Crippen molar-refractivity contribution in [3.05, 3.63) is 34.5 Å². The minimum absolute atomic E-state index is 0.124. The van der Waals surface area contributed by atoms with Crippen molar-refractivity contribution in [1.29, 1.82) is 0 Å². The van der Waals surface area contributed by atoms with Crippen molar-refractivity contribution in [3.63, 3.8) is 0 Å². The van der Waals surface area contributed by atoms with E-state index in [4.69, 9.17) is 11.6 Å². The van der Waals surface area contributed by atoms with Crippen LogP contribution in [0.2, 0.25) is 0 Å². The Balaban J connectivity index is 2.62. The number of alkyl halides is 1. The molecule has 88 valence electrons. The van der Waals surface area contributed by atoms with Crippen LogP contribution in [0.5, 0.6) is 5.75 Å². The van der Waals surface area contributed by atoms with Gasteiger partial charge in [-0.15, -0.1) is 22.9 Å². The van der Waals surface area contributed by atoms with Gasteiger partial charge in [-0.2, -0.15) is 0 Å². The topological polar surface area (TPSA) is 66.4 Å². The molecule has 0 atom stereocenters. The second-order valence-corrected chi connectivity index (χ2v) is 4.61. The number of hydrogen-bond acceptors (Lipinski definition) is 4. The average molecular weight is 270 g/mol. The van der Waals surface area contributed by atoms with Gasteiger partial charge in [-0.25, -0.2) is 0 Å². The first-order valence-corrected chi connectivity index (χ1v) is 6.09. The molecule has 2 rings (SSSR count). The van der Waals surface area contributed by atoms with Gasteiger partial charge in [-0.05, 0) is 12.1 Å². The van der Waals surface area contributed by atoms with Gasteiger partial charge < -0.3 is 10.4 Å². The van der Waals surface area contributed by atoms with E-state index in [1.54, 1.807) is 24.3 Å². The molecule has 0 aliphatic rings. The largest absolute Gasteiger partial charge is 0.502 e. The number of halogens is 1. The molecular weight excluding hydrogens is 262 g/mol. The van der Waals surface area contributed by atoms with Crippen LogP contribution in [-0.4, -0.2) is 16.9 Å². The van der Waals surface area contributed by atoms with Gasteiger partial charge in [0.2, 0.25) is 11.3 Å². The third-order valence-corrected chi connectivity index (χ3v) is 3.47. The number of benzene rings is 1. The zero-order chi connectivity index (χ0) is 12.4. The summed E-state index contributed by atoms with van der Waals surface area (Å²) in [6.07, 6.45) is 0. The summed E-state index contributed by atoms with van der Waals surface area (Å²) in [5.41, 5.74) is -0.496. The molecule has 0 radical (unpaired) electrons. The number of amides is 1. The van der Waals surface area contributed by atoms with E-state index < -0.39 is 17.1 Å². The maximum absolute atomic E-state index is 11.8. The molecule has 0 spiro atoms. The van der Waals surface area contributed by atoms with Gasteiger partial charge >= 0.3 is 0 Å². The van der Waals surface area contributed by atoms with Crippen molar-refractivity contribution >= 4 is 43.9 Å². The van der Waals surface area contributed by atoms with Crippen LogP contribution >= 0.6 is 22.9 Å². The van der Waals surface area contributed by atoms with Gasteiger partial charge in [0.25, 0.3) is 0 Å². The normalized spacial score (nSPS) is 10.4. The highest BCUT2D eigenvalue weighted by molar-refractivity contribution is 7.22. The second-order valence-electron chi connectivity index (χ2n) is 3.29. The summed E-state index contributed by atoms with van der Waals surface area (Å²) in [5.74, 6) is -1.15. The van der Waals surface area contributed by atoms with Crippen molar-refractivity contribution in [2.24, 2.45) is 0 Å². The molecule has 0 saturated heterocycles. The van der Waals surface area contributed by atoms with E-state index in [1.807, 2.05) is 0 Å². The summed E-state index contributed by atoms with van der Waals surface area (Å²) in [4.78, 5) is 22.9. The van der Waals surface area contributed by atoms with Crippen molar-refractivity contribution in [1.82, 2.24) is 0 Å². The fraction of sp³-hybridized carbons (Fsp3) is 0.0909. The number of fused-ring (bicyclic) bond motifs is 1. The van der Waals surface area contributed by atoms with E-state index in [1.165, 1.54) is 0 Å². The van der Waals surface area contributed by atoms with Gasteiger partial charge in [0.05, 0.1) is 0 Å². The smallest absolute Gasteiger partial charge is 0.240 e. The summed E-state index contributed by atoms with van der Waals surface area (Å²) in [7, 11) is 0. The molecular formula is C11H8ClNO3S. The first-order valence-electron chi connectivity index (χ1n) is 4.74. The standard InChI is InChI=1S/C11H8ClNO3S/c12-5-8(14)13-11-10(16)9(15)6-3-1-2-4-7(6)17-11/h1-4,16H,5H2,(H,13,14). The van der Waals surface area contributed by atoms with Gasteiger partial charge in [-0.3, -0.25) is 9.59 Å². The fourth-order valence-corrected chi connectivity index (χ4v) is 2.44. The summed E-state index contributed by atoms with van der Waals surface area (Å²) >= 11 is 6.48. The molecule has 0 aliphatic heterocycles. The van der Waals surface area contributed by atoms with Gasteiger partial charge in [-0.1, -0.05) is 12.1 Å². The zero-order valence-electron chi connectivity index (χ0n) is 8.57. The number of nitrogens with one attached hydrogen (secondary N) is 1. The Hall–Kier alpha value is -1.59. The lowest BCUT2D eigenvalue weighted by Gasteiger charge is -2.05. The van der Waals surface area contributed by atoms with Crippen LogP contribution in [0, 0.1) is 0 Å². The van der Waals surface area contributed by atoms with Crippen LogP contribution in [0.3, 0.4) is 0 Å². The summed E-state index contributed by atoms with van der Waals surface area (Å²) in [6.45, 7) is 0. The number of hydrogen-bond donors (Lipinski definition) is 2. The molecule has 0 aliphatic carbocycles. The van der Waals surface area contributed by atoms with Crippen molar-refractivity contribution in [2.75, 3.05) is 11.2 Å². The molecule has 17 heavy (non-hydrogen) atoms. The van der Waals surface area contributed by atoms with Crippen LogP contribution in [0.4, 0.5) is 5.00 Å². The number of aromatic hydroxyl groups is 1. The molecule has 0 fully saturated rings. The van der Waals surface area contributed by atoms with Crippen LogP contribution < -0.4 is 10.7 Å². The summed E-state index contributed by atoms with van der Waals surface area (Å²) in [5, 5.41) is 12.6. The Morgan fingerprint density at radius 1 is 1.41 bits per heavy atom. The van der Waals surface area contributed by atoms with Crippen LogP contribution in [0.1, 0.15) is 0 Å². The third-order valence-electron chi connectivity index (χ3n) is 2.15. The monoisotopic (exact) mass is 269 g/mol. The van der Waals surface area contributed by atoms with Crippen LogP contribution in [0.25, 0.3) is 10.1 Å². The average Bonchev–Trinajstić information content (AvgIpc) is 2.35. The lowest BCUT2D eigenvalue weighted by atomic mass is 10.2. The van der Waals surface area contributed by atoms with E-state index in [9.17, 15) is 14.7 Å². The Labute approximate surface area is 105 Å². The van der Waals surface area contributed by atoms with E-state index in [-0.39, 0.29) is 10.9 Å². The molecule has 1 aromatic heterocycles. The molecule has 1 heterocycles. The minimum atomic E-state index is -0.496. The first kappa shape index (κ1) is 11.9. The third kappa shape index (κ3) is 2.25. The van der Waals surface area contributed by atoms with Gasteiger partial charge in [0, 0.05) is 10.1 Å². The number of carbonyl (C=O) groups is 1. The van der Waals surface area contributed by atoms with E-state index in [2.05, 4.69) is 5.32 Å².